The fraction of sp³-hybridized carbons (Fsp3) is 0.481. The van der Waals surface area contributed by atoms with Crippen molar-refractivity contribution in [1.29, 1.82) is 0 Å². The van der Waals surface area contributed by atoms with Gasteiger partial charge in [0, 0.05) is 52.2 Å². The molecule has 0 saturated carbocycles. The number of nitrogens with zero attached hydrogens (tertiary/aromatic N) is 4. The molecule has 11 nitrogen and oxygen atoms in total. The van der Waals surface area contributed by atoms with Gasteiger partial charge in [0.15, 0.2) is 15.0 Å². The van der Waals surface area contributed by atoms with Crippen LogP contribution < -0.4 is 4.90 Å². The highest BCUT2D eigenvalue weighted by Crippen LogP contribution is 2.33. The largest absolute Gasteiger partial charge is 0.383 e. The Morgan fingerprint density at radius 1 is 0.878 bits per heavy atom. The smallest absolute Gasteiger partial charge is 0.260 e. The van der Waals surface area contributed by atoms with E-state index in [-0.39, 0.29) is 47.6 Å². The Morgan fingerprint density at radius 3 is 2.02 bits per heavy atom. The number of fused-ring (bicyclic) bond motifs is 1. The van der Waals surface area contributed by atoms with Crippen LogP contribution in [0.5, 0.6) is 0 Å². The second kappa shape index (κ2) is 14.6. The third kappa shape index (κ3) is 8.09. The summed E-state index contributed by atoms with van der Waals surface area (Å²) in [4.78, 5) is 22.3. The summed E-state index contributed by atoms with van der Waals surface area (Å²) in [7, 11) is -4.38. The van der Waals surface area contributed by atoms with Crippen LogP contribution in [0.15, 0.2) is 52.3 Å². The van der Waals surface area contributed by atoms with E-state index in [1.807, 2.05) is 13.8 Å². The molecule has 1 amide bonds. The standard InChI is InChI=1S/C27H38N4O7S3/c1-6-29(7-2)15-16-31(27-28-25-23(39-27)9-8-10-24(25)40(5,33)34)26(32)21-11-13-22(14-12-21)41(35,36)30(17-19-37-3)18-20-38-4/h8-14H,6-7,15-20H2,1-5H3. The Kier molecular flexibility index (Phi) is 11.8. The first-order valence-corrected chi connectivity index (χ1v) is 17.3. The van der Waals surface area contributed by atoms with Gasteiger partial charge in [-0.05, 0) is 49.5 Å². The zero-order valence-corrected chi connectivity index (χ0v) is 26.5. The first-order valence-electron chi connectivity index (χ1n) is 13.2. The van der Waals surface area contributed by atoms with Crippen molar-refractivity contribution < 1.29 is 31.1 Å². The Morgan fingerprint density at radius 2 is 1.49 bits per heavy atom. The van der Waals surface area contributed by atoms with E-state index in [4.69, 9.17) is 9.47 Å². The molecule has 0 bridgehead atoms. The van der Waals surface area contributed by atoms with Gasteiger partial charge < -0.3 is 14.4 Å². The summed E-state index contributed by atoms with van der Waals surface area (Å²) in [6.45, 7) is 7.33. The zero-order chi connectivity index (χ0) is 30.2. The molecule has 3 rings (SSSR count). The summed E-state index contributed by atoms with van der Waals surface area (Å²) in [6, 6.07) is 10.7. The Bertz CT molecular complexity index is 1510. The molecule has 0 N–H and O–H groups in total. The number of likely N-dealkylation sites (N-methyl/N-ethyl adjacent to an activating group) is 1. The normalized spacial score (nSPS) is 12.5. The number of anilines is 1. The lowest BCUT2D eigenvalue weighted by Gasteiger charge is -2.25. The van der Waals surface area contributed by atoms with Crippen molar-refractivity contribution in [2.45, 2.75) is 23.6 Å². The maximum atomic E-state index is 13.8. The lowest BCUT2D eigenvalue weighted by atomic mass is 10.2. The molecule has 0 spiro atoms. The van der Waals surface area contributed by atoms with Crippen LogP contribution in [0.1, 0.15) is 24.2 Å². The molecule has 0 saturated heterocycles. The van der Waals surface area contributed by atoms with Crippen LogP contribution in [0.3, 0.4) is 0 Å². The third-order valence-corrected chi connectivity index (χ3v) is 10.7. The van der Waals surface area contributed by atoms with Crippen molar-refractivity contribution in [2.24, 2.45) is 0 Å². The molecule has 0 aliphatic heterocycles. The fourth-order valence-electron chi connectivity index (χ4n) is 4.20. The minimum absolute atomic E-state index is 0.0497. The highest BCUT2D eigenvalue weighted by Gasteiger charge is 2.27. The predicted molar refractivity (Wildman–Crippen MR) is 161 cm³/mol. The van der Waals surface area contributed by atoms with E-state index in [2.05, 4.69) is 9.88 Å². The van der Waals surface area contributed by atoms with Crippen molar-refractivity contribution in [3.05, 3.63) is 48.0 Å². The van der Waals surface area contributed by atoms with E-state index in [9.17, 15) is 21.6 Å². The highest BCUT2D eigenvalue weighted by atomic mass is 32.2. The molecule has 14 heteroatoms. The van der Waals surface area contributed by atoms with Gasteiger partial charge in [-0.1, -0.05) is 31.3 Å². The first-order chi connectivity index (χ1) is 19.5. The number of thiazole rings is 1. The van der Waals surface area contributed by atoms with Crippen LogP contribution in [0, 0.1) is 0 Å². The summed E-state index contributed by atoms with van der Waals surface area (Å²) in [5.41, 5.74) is 0.607. The minimum atomic E-state index is -3.85. The number of hydrogen-bond donors (Lipinski definition) is 0. The van der Waals surface area contributed by atoms with E-state index < -0.39 is 19.9 Å². The summed E-state index contributed by atoms with van der Waals surface area (Å²) >= 11 is 1.24. The molecule has 1 aromatic heterocycles. The minimum Gasteiger partial charge on any atom is -0.383 e. The van der Waals surface area contributed by atoms with Gasteiger partial charge in [0.2, 0.25) is 10.0 Å². The highest BCUT2D eigenvalue weighted by molar-refractivity contribution is 7.91. The molecular formula is C27H38N4O7S3. The monoisotopic (exact) mass is 626 g/mol. The van der Waals surface area contributed by atoms with Gasteiger partial charge in [0.05, 0.1) is 27.7 Å². The van der Waals surface area contributed by atoms with Crippen molar-refractivity contribution in [3.63, 3.8) is 0 Å². The molecule has 0 unspecified atom stereocenters. The average Bonchev–Trinajstić information content (AvgIpc) is 3.38. The topological polar surface area (TPSA) is 126 Å². The molecule has 0 radical (unpaired) electrons. The average molecular weight is 627 g/mol. The number of para-hydroxylation sites is 1. The van der Waals surface area contributed by atoms with Gasteiger partial charge in [-0.3, -0.25) is 9.69 Å². The van der Waals surface area contributed by atoms with Crippen LogP contribution in [0.25, 0.3) is 10.2 Å². The molecule has 0 atom stereocenters. The zero-order valence-electron chi connectivity index (χ0n) is 24.1. The lowest BCUT2D eigenvalue weighted by molar-refractivity contribution is 0.0983. The van der Waals surface area contributed by atoms with E-state index in [0.717, 1.165) is 19.3 Å². The number of carbonyl (C=O) groups is 1. The molecule has 0 aliphatic carbocycles. The van der Waals surface area contributed by atoms with Crippen molar-refractivity contribution in [2.75, 3.05) is 77.9 Å². The summed E-state index contributed by atoms with van der Waals surface area (Å²) in [5.74, 6) is -0.364. The number of rotatable bonds is 16. The SMILES string of the molecule is CCN(CC)CCN(C(=O)c1ccc(S(=O)(=O)N(CCOC)CCOC)cc1)c1nc2c(S(C)(=O)=O)cccc2s1. The molecular weight excluding hydrogens is 589 g/mol. The molecule has 0 fully saturated rings. The van der Waals surface area contributed by atoms with Crippen molar-refractivity contribution >= 4 is 52.5 Å². The number of amides is 1. The van der Waals surface area contributed by atoms with E-state index >= 15 is 0 Å². The summed E-state index contributed by atoms with van der Waals surface area (Å²) < 4.78 is 63.4. The van der Waals surface area contributed by atoms with Gasteiger partial charge >= 0.3 is 0 Å². The number of sulfone groups is 1. The second-order valence-electron chi connectivity index (χ2n) is 9.27. The van der Waals surface area contributed by atoms with Crippen LogP contribution in [0.4, 0.5) is 5.13 Å². The quantitative estimate of drug-likeness (QED) is 0.236. The van der Waals surface area contributed by atoms with Gasteiger partial charge in [-0.25, -0.2) is 21.8 Å². The Hall–Kier alpha value is -2.46. The third-order valence-electron chi connectivity index (χ3n) is 6.61. The number of ether oxygens (including phenoxy) is 2. The number of carbonyl (C=O) groups excluding carboxylic acids is 1. The maximum Gasteiger partial charge on any atom is 0.260 e. The number of benzene rings is 2. The number of sulfonamides is 1. The van der Waals surface area contributed by atoms with Gasteiger partial charge in [0.1, 0.15) is 5.52 Å². The predicted octanol–water partition coefficient (Wildman–Crippen LogP) is 2.97. The summed E-state index contributed by atoms with van der Waals surface area (Å²) in [6.07, 6.45) is 1.13. The van der Waals surface area contributed by atoms with Crippen LogP contribution >= 0.6 is 11.3 Å². The maximum absolute atomic E-state index is 13.8. The van der Waals surface area contributed by atoms with Gasteiger partial charge in [0.25, 0.3) is 5.91 Å². The van der Waals surface area contributed by atoms with E-state index in [1.165, 1.54) is 65.1 Å². The van der Waals surface area contributed by atoms with Crippen LogP contribution in [0.2, 0.25) is 0 Å². The summed E-state index contributed by atoms with van der Waals surface area (Å²) in [5, 5.41) is 0.371. The molecule has 0 aliphatic rings. The molecule has 2 aromatic carbocycles. The Labute approximate surface area is 246 Å². The lowest BCUT2D eigenvalue weighted by Crippen LogP contribution is -2.39. The van der Waals surface area contributed by atoms with Gasteiger partial charge in [-0.15, -0.1) is 0 Å². The molecule has 226 valence electrons. The number of aromatic nitrogens is 1. The number of hydrogen-bond acceptors (Lipinski definition) is 10. The van der Waals surface area contributed by atoms with E-state index in [1.54, 1.807) is 12.1 Å². The molecule has 1 heterocycles. The van der Waals surface area contributed by atoms with Gasteiger partial charge in [-0.2, -0.15) is 4.31 Å². The number of methoxy groups -OCH3 is 2. The van der Waals surface area contributed by atoms with Crippen LogP contribution in [-0.4, -0.2) is 110 Å². The van der Waals surface area contributed by atoms with E-state index in [0.29, 0.717) is 28.4 Å². The Balaban J connectivity index is 1.98. The second-order valence-corrected chi connectivity index (χ2v) is 14.2. The molecule has 41 heavy (non-hydrogen) atoms. The first kappa shape index (κ1) is 33.0. The van der Waals surface area contributed by atoms with Crippen molar-refractivity contribution in [1.82, 2.24) is 14.2 Å². The van der Waals surface area contributed by atoms with Crippen LogP contribution in [-0.2, 0) is 29.3 Å². The molecule has 3 aromatic rings. The van der Waals surface area contributed by atoms with Crippen molar-refractivity contribution in [3.8, 4) is 0 Å². The fourth-order valence-corrected chi connectivity index (χ4v) is 7.53.